The summed E-state index contributed by atoms with van der Waals surface area (Å²) in [5, 5.41) is 9.31. The van der Waals surface area contributed by atoms with Crippen LogP contribution < -0.4 is 0 Å². The summed E-state index contributed by atoms with van der Waals surface area (Å²) in [5.41, 5.74) is 1.65. The number of hydrogen-bond acceptors (Lipinski definition) is 5. The molecule has 9 heteroatoms. The van der Waals surface area contributed by atoms with Crippen molar-refractivity contribution >= 4 is 49.2 Å². The van der Waals surface area contributed by atoms with Crippen LogP contribution in [0.2, 0.25) is 0 Å². The molecule has 5 nitrogen and oxygen atoms in total. The van der Waals surface area contributed by atoms with Crippen LogP contribution in [0.15, 0.2) is 35.9 Å². The van der Waals surface area contributed by atoms with E-state index in [2.05, 4.69) is 15.9 Å². The minimum absolute atomic E-state index is 0. The Hall–Kier alpha value is -1.12. The van der Waals surface area contributed by atoms with Gasteiger partial charge in [-0.3, -0.25) is 19.4 Å². The number of Topliss-reactive ketones (excluding diaryl/α,β-unsaturated/α-hetero) is 1. The van der Waals surface area contributed by atoms with E-state index in [1.165, 1.54) is 11.6 Å². The van der Waals surface area contributed by atoms with Gasteiger partial charge in [0.15, 0.2) is 5.78 Å². The Balaban J connectivity index is 0.00000193. The van der Waals surface area contributed by atoms with Crippen molar-refractivity contribution in [2.24, 2.45) is 11.8 Å². The van der Waals surface area contributed by atoms with E-state index in [0.29, 0.717) is 31.5 Å². The number of halogens is 3. The van der Waals surface area contributed by atoms with Gasteiger partial charge in [-0.15, -0.1) is 24.8 Å². The number of carbonyl (C=O) groups is 2. The number of piperidine rings is 2. The number of thiol groups is 1. The van der Waals surface area contributed by atoms with Gasteiger partial charge < -0.3 is 5.11 Å². The van der Waals surface area contributed by atoms with Gasteiger partial charge in [0, 0.05) is 36.4 Å². The molecule has 1 aromatic carbocycles. The summed E-state index contributed by atoms with van der Waals surface area (Å²) in [7, 11) is 0. The van der Waals surface area contributed by atoms with Gasteiger partial charge in [0.05, 0.1) is 12.0 Å². The zero-order valence-corrected chi connectivity index (χ0v) is 21.1. The molecule has 0 aromatic heterocycles. The van der Waals surface area contributed by atoms with Gasteiger partial charge in [-0.1, -0.05) is 24.3 Å². The predicted molar refractivity (Wildman–Crippen MR) is 135 cm³/mol. The number of likely N-dealkylation sites (tertiary alicyclic amines) is 2. The van der Waals surface area contributed by atoms with Gasteiger partial charge in [-0.2, -0.15) is 12.6 Å². The highest BCUT2D eigenvalue weighted by molar-refractivity contribution is 7.81. The van der Waals surface area contributed by atoms with Crippen LogP contribution in [0.5, 0.6) is 0 Å². The van der Waals surface area contributed by atoms with Crippen molar-refractivity contribution in [3.05, 3.63) is 47.3 Å². The largest absolute Gasteiger partial charge is 0.481 e. The average Bonchev–Trinajstić information content (AvgIpc) is 3.61. The normalized spacial score (nSPS) is 24.5. The summed E-state index contributed by atoms with van der Waals surface area (Å²) in [4.78, 5) is 28.7. The van der Waals surface area contributed by atoms with E-state index >= 15 is 0 Å². The number of rotatable bonds is 7. The maximum absolute atomic E-state index is 14.6. The summed E-state index contributed by atoms with van der Waals surface area (Å²) in [5.74, 6) is -1.06. The number of hydrogen-bond donors (Lipinski definition) is 2. The Bertz CT molecular complexity index is 860. The van der Waals surface area contributed by atoms with Crippen molar-refractivity contribution in [2.45, 2.75) is 43.4 Å². The molecule has 2 atom stereocenters. The number of carbonyl (C=O) groups excluding carboxylic acids is 1. The Morgan fingerprint density at radius 2 is 1.73 bits per heavy atom. The molecule has 0 radical (unpaired) electrons. The molecule has 0 bridgehead atoms. The van der Waals surface area contributed by atoms with Crippen LogP contribution in [0.4, 0.5) is 4.39 Å². The van der Waals surface area contributed by atoms with Crippen LogP contribution in [0, 0.1) is 17.7 Å². The van der Waals surface area contributed by atoms with Crippen molar-refractivity contribution in [2.75, 3.05) is 32.7 Å². The summed E-state index contributed by atoms with van der Waals surface area (Å²) >= 11 is 4.77. The van der Waals surface area contributed by atoms with E-state index in [1.807, 2.05) is 0 Å². The molecular weight excluding hydrogens is 486 g/mol. The summed E-state index contributed by atoms with van der Waals surface area (Å²) in [6.07, 6.45) is 6.17. The maximum Gasteiger partial charge on any atom is 0.306 e. The van der Waals surface area contributed by atoms with E-state index in [-0.39, 0.29) is 53.5 Å². The average molecular weight is 520 g/mol. The van der Waals surface area contributed by atoms with Crippen molar-refractivity contribution in [1.29, 1.82) is 0 Å². The van der Waals surface area contributed by atoms with Crippen molar-refractivity contribution in [3.8, 4) is 0 Å². The van der Waals surface area contributed by atoms with Gasteiger partial charge in [-0.05, 0) is 56.8 Å². The number of nitrogens with zero attached hydrogens (tertiary/aromatic N) is 2. The van der Waals surface area contributed by atoms with Crippen LogP contribution in [0.1, 0.15) is 43.7 Å². The fraction of sp³-hybridized carbons (Fsp3) is 0.583. The highest BCUT2D eigenvalue weighted by atomic mass is 35.5. The fourth-order valence-electron chi connectivity index (χ4n) is 4.74. The standard InChI is InChI=1S/C24H31FN2O3S.2ClH/c25-20-4-2-1-3-19(20)22(23(28)16-5-6-16)27-14-10-21(31)18(15-27)9-13-26-11-7-17(8-12-26)24(29)30;;/h1-4,9,16-17,21-22,31H,5-8,10-15H2,(H,29,30);2*1H/b18-9+;;. The minimum Gasteiger partial charge on any atom is -0.481 e. The molecule has 2 aliphatic heterocycles. The highest BCUT2D eigenvalue weighted by Gasteiger charge is 2.40. The molecule has 0 spiro atoms. The SMILES string of the molecule is Cl.Cl.O=C(O)C1CCN(C/C=C2\CN(C(C(=O)C3CC3)c3ccccc3F)CCC2S)CC1. The lowest BCUT2D eigenvalue weighted by atomic mass is 9.93. The molecule has 1 saturated carbocycles. The smallest absolute Gasteiger partial charge is 0.306 e. The Morgan fingerprint density at radius 3 is 2.33 bits per heavy atom. The Labute approximate surface area is 213 Å². The van der Waals surface area contributed by atoms with Crippen molar-refractivity contribution in [1.82, 2.24) is 9.80 Å². The van der Waals surface area contributed by atoms with Crippen LogP contribution >= 0.6 is 37.4 Å². The van der Waals surface area contributed by atoms with Gasteiger partial charge >= 0.3 is 5.97 Å². The van der Waals surface area contributed by atoms with E-state index in [0.717, 1.165) is 38.9 Å². The summed E-state index contributed by atoms with van der Waals surface area (Å²) in [6.45, 7) is 3.64. The third-order valence-corrected chi connectivity index (χ3v) is 7.46. The third kappa shape index (κ3) is 6.95. The van der Waals surface area contributed by atoms with Gasteiger partial charge in [0.2, 0.25) is 0 Å². The summed E-state index contributed by atoms with van der Waals surface area (Å²) < 4.78 is 14.6. The second-order valence-electron chi connectivity index (χ2n) is 9.07. The van der Waals surface area contributed by atoms with Crippen LogP contribution in [0.25, 0.3) is 0 Å². The number of aliphatic carboxylic acids is 1. The molecule has 2 heterocycles. The maximum atomic E-state index is 14.6. The topological polar surface area (TPSA) is 60.9 Å². The zero-order chi connectivity index (χ0) is 22.0. The Morgan fingerprint density at radius 1 is 1.06 bits per heavy atom. The molecule has 2 unspecified atom stereocenters. The summed E-state index contributed by atoms with van der Waals surface area (Å²) in [6, 6.07) is 6.10. The second kappa shape index (κ2) is 12.5. The molecule has 1 aliphatic carbocycles. The fourth-order valence-corrected chi connectivity index (χ4v) is 5.04. The first-order chi connectivity index (χ1) is 14.9. The number of ketones is 1. The lowest BCUT2D eigenvalue weighted by Crippen LogP contribution is -2.43. The molecule has 3 aliphatic rings. The molecule has 2 saturated heterocycles. The molecule has 4 rings (SSSR count). The van der Waals surface area contributed by atoms with E-state index < -0.39 is 12.0 Å². The first-order valence-electron chi connectivity index (χ1n) is 11.3. The molecule has 1 N–H and O–H groups in total. The van der Waals surface area contributed by atoms with E-state index in [9.17, 15) is 19.1 Å². The van der Waals surface area contributed by atoms with E-state index in [1.54, 1.807) is 18.2 Å². The molecule has 3 fully saturated rings. The predicted octanol–water partition coefficient (Wildman–Crippen LogP) is 4.42. The van der Waals surface area contributed by atoms with Crippen LogP contribution in [-0.2, 0) is 9.59 Å². The lowest BCUT2D eigenvalue weighted by molar-refractivity contribution is -0.143. The lowest BCUT2D eigenvalue weighted by Gasteiger charge is -2.38. The molecule has 0 amide bonds. The van der Waals surface area contributed by atoms with Crippen molar-refractivity contribution in [3.63, 3.8) is 0 Å². The number of benzene rings is 1. The first-order valence-corrected chi connectivity index (χ1v) is 11.8. The van der Waals surface area contributed by atoms with Gasteiger partial charge in [0.25, 0.3) is 0 Å². The number of carboxylic acid groups (broad SMARTS) is 1. The van der Waals surface area contributed by atoms with Crippen LogP contribution in [0.3, 0.4) is 0 Å². The first kappa shape index (κ1) is 28.1. The quantitative estimate of drug-likeness (QED) is 0.413. The number of carboxylic acids is 1. The Kier molecular flexibility index (Phi) is 10.7. The minimum atomic E-state index is -0.698. The van der Waals surface area contributed by atoms with E-state index in [4.69, 9.17) is 12.6 Å². The highest BCUT2D eigenvalue weighted by Crippen LogP contribution is 2.39. The second-order valence-corrected chi connectivity index (χ2v) is 9.69. The molecule has 184 valence electrons. The van der Waals surface area contributed by atoms with Gasteiger partial charge in [-0.25, -0.2) is 4.39 Å². The monoisotopic (exact) mass is 518 g/mol. The zero-order valence-electron chi connectivity index (χ0n) is 18.6. The van der Waals surface area contributed by atoms with Crippen molar-refractivity contribution < 1.29 is 19.1 Å². The van der Waals surface area contributed by atoms with Crippen LogP contribution in [-0.4, -0.2) is 64.6 Å². The molecule has 1 aromatic rings. The molecular formula is C24H33Cl2FN2O3S. The molecule has 33 heavy (non-hydrogen) atoms. The third-order valence-electron chi connectivity index (χ3n) is 6.87. The van der Waals surface area contributed by atoms with Gasteiger partial charge in [0.1, 0.15) is 5.82 Å².